The number of aliphatic hydroxyl groups is 1. The predicted molar refractivity (Wildman–Crippen MR) is 85.1 cm³/mol. The molecule has 2 aromatic carbocycles. The highest BCUT2D eigenvalue weighted by Crippen LogP contribution is 2.12. The Balaban J connectivity index is 2.21. The molecule has 0 aromatic heterocycles. The number of rotatable bonds is 5. The van der Waals surface area contributed by atoms with Crippen LogP contribution in [0.3, 0.4) is 0 Å². The number of hydrogen-bond acceptors (Lipinski definition) is 3. The number of carbonyl (C=O) groups is 2. The van der Waals surface area contributed by atoms with Gasteiger partial charge in [0.2, 0.25) is 5.91 Å². The van der Waals surface area contributed by atoms with E-state index >= 15 is 0 Å². The summed E-state index contributed by atoms with van der Waals surface area (Å²) in [5, 5.41) is 10.2. The lowest BCUT2D eigenvalue weighted by molar-refractivity contribution is -0.115. The monoisotopic (exact) mass is 295 g/mol. The quantitative estimate of drug-likeness (QED) is 0.681. The van der Waals surface area contributed by atoms with E-state index in [0.29, 0.717) is 11.3 Å². The molecule has 2 rings (SSSR count). The molecule has 1 N–H and O–H groups in total. The average molecular weight is 295 g/mol. The molecular weight excluding hydrogens is 278 g/mol. The van der Waals surface area contributed by atoms with Crippen molar-refractivity contribution in [3.8, 4) is 0 Å². The molecule has 112 valence electrons. The first-order valence-electron chi connectivity index (χ1n) is 6.99. The van der Waals surface area contributed by atoms with Crippen LogP contribution in [0.1, 0.15) is 29.3 Å². The van der Waals surface area contributed by atoms with Crippen LogP contribution >= 0.6 is 0 Å². The Labute approximate surface area is 129 Å². The van der Waals surface area contributed by atoms with Crippen LogP contribution < -0.4 is 0 Å². The number of ketones is 1. The Hall–Kier alpha value is -2.59. The van der Waals surface area contributed by atoms with Crippen LogP contribution in [0.25, 0.3) is 0 Å². The van der Waals surface area contributed by atoms with Gasteiger partial charge in [-0.1, -0.05) is 60.7 Å². The molecule has 0 aliphatic carbocycles. The minimum atomic E-state index is -1.24. The zero-order chi connectivity index (χ0) is 15.9. The molecule has 0 aliphatic heterocycles. The fraction of sp³-hybridized carbons (Fsp3) is 0.167. The average Bonchev–Trinajstić information content (AvgIpc) is 2.54. The van der Waals surface area contributed by atoms with Crippen LogP contribution in [0.5, 0.6) is 0 Å². The summed E-state index contributed by atoms with van der Waals surface area (Å²) in [5.74, 6) is -0.744. The van der Waals surface area contributed by atoms with Crippen molar-refractivity contribution in [2.24, 2.45) is 4.99 Å². The van der Waals surface area contributed by atoms with Gasteiger partial charge in [0.25, 0.3) is 0 Å². The third-order valence-corrected chi connectivity index (χ3v) is 3.15. The third-order valence-electron chi connectivity index (χ3n) is 3.15. The molecule has 22 heavy (non-hydrogen) atoms. The van der Waals surface area contributed by atoms with Gasteiger partial charge in [-0.15, -0.1) is 0 Å². The van der Waals surface area contributed by atoms with Crippen molar-refractivity contribution in [3.63, 3.8) is 0 Å². The second kappa shape index (κ2) is 7.43. The molecular formula is C18H17NO3. The molecule has 0 fully saturated rings. The Bertz CT molecular complexity index is 678. The van der Waals surface area contributed by atoms with E-state index in [4.69, 9.17) is 0 Å². The summed E-state index contributed by atoms with van der Waals surface area (Å²) in [4.78, 5) is 27.4. The summed E-state index contributed by atoms with van der Waals surface area (Å²) < 4.78 is 0. The molecule has 2 aromatic rings. The Morgan fingerprint density at radius 1 is 0.955 bits per heavy atom. The minimum absolute atomic E-state index is 0.00266. The van der Waals surface area contributed by atoms with Crippen molar-refractivity contribution >= 4 is 17.4 Å². The normalized spacial score (nSPS) is 12.7. The number of benzene rings is 2. The van der Waals surface area contributed by atoms with Crippen LogP contribution in [-0.4, -0.2) is 28.6 Å². The van der Waals surface area contributed by atoms with E-state index in [0.717, 1.165) is 5.56 Å². The lowest BCUT2D eigenvalue weighted by atomic mass is 9.98. The van der Waals surface area contributed by atoms with Gasteiger partial charge in [-0.05, 0) is 5.56 Å². The molecule has 4 nitrogen and oxygen atoms in total. The van der Waals surface area contributed by atoms with Crippen molar-refractivity contribution in [1.29, 1.82) is 0 Å². The van der Waals surface area contributed by atoms with Gasteiger partial charge in [0, 0.05) is 18.9 Å². The number of aliphatic imine (C=N–C) groups is 1. The highest BCUT2D eigenvalue weighted by atomic mass is 16.3. The first-order valence-corrected chi connectivity index (χ1v) is 6.99. The van der Waals surface area contributed by atoms with Gasteiger partial charge >= 0.3 is 0 Å². The molecule has 0 bridgehead atoms. The van der Waals surface area contributed by atoms with E-state index in [1.54, 1.807) is 42.5 Å². The van der Waals surface area contributed by atoms with Gasteiger partial charge in [-0.25, -0.2) is 4.99 Å². The van der Waals surface area contributed by atoms with E-state index < -0.39 is 6.10 Å². The molecule has 4 heteroatoms. The van der Waals surface area contributed by atoms with Crippen molar-refractivity contribution in [2.45, 2.75) is 19.4 Å². The second-order valence-corrected chi connectivity index (χ2v) is 4.89. The summed E-state index contributed by atoms with van der Waals surface area (Å²) >= 11 is 0. The Morgan fingerprint density at radius 2 is 1.45 bits per heavy atom. The SMILES string of the molecule is CC(=O)N=C(CC(O)C(=O)c1ccccc1)c1ccccc1. The zero-order valence-corrected chi connectivity index (χ0v) is 12.3. The van der Waals surface area contributed by atoms with Gasteiger partial charge in [0.05, 0.1) is 5.71 Å². The summed E-state index contributed by atoms with van der Waals surface area (Å²) in [5.41, 5.74) is 1.56. The second-order valence-electron chi connectivity index (χ2n) is 4.89. The van der Waals surface area contributed by atoms with E-state index in [9.17, 15) is 14.7 Å². The van der Waals surface area contributed by atoms with Gasteiger partial charge in [0.15, 0.2) is 5.78 Å². The molecule has 0 saturated carbocycles. The van der Waals surface area contributed by atoms with Crippen molar-refractivity contribution in [1.82, 2.24) is 0 Å². The largest absolute Gasteiger partial charge is 0.385 e. The summed E-state index contributed by atoms with van der Waals surface area (Å²) in [6, 6.07) is 17.6. The molecule has 0 spiro atoms. The maximum absolute atomic E-state index is 12.2. The highest BCUT2D eigenvalue weighted by molar-refractivity contribution is 6.09. The predicted octanol–water partition coefficient (Wildman–Crippen LogP) is 2.66. The third kappa shape index (κ3) is 4.20. The molecule has 1 atom stereocenters. The maximum Gasteiger partial charge on any atom is 0.242 e. The molecule has 1 amide bonds. The van der Waals surface area contributed by atoms with E-state index in [2.05, 4.69) is 4.99 Å². The van der Waals surface area contributed by atoms with Crippen molar-refractivity contribution < 1.29 is 14.7 Å². The number of nitrogens with zero attached hydrogens (tertiary/aromatic N) is 1. The van der Waals surface area contributed by atoms with E-state index in [-0.39, 0.29) is 18.1 Å². The number of hydrogen-bond donors (Lipinski definition) is 1. The number of aliphatic hydroxyl groups excluding tert-OH is 1. The van der Waals surface area contributed by atoms with Gasteiger partial charge in [-0.3, -0.25) is 9.59 Å². The lowest BCUT2D eigenvalue weighted by Gasteiger charge is -2.12. The highest BCUT2D eigenvalue weighted by Gasteiger charge is 2.20. The standard InChI is InChI=1S/C18H17NO3/c1-13(20)19-16(14-8-4-2-5-9-14)12-17(21)18(22)15-10-6-3-7-11-15/h2-11,17,21H,12H2,1H3. The van der Waals surface area contributed by atoms with Crippen molar-refractivity contribution in [2.75, 3.05) is 0 Å². The van der Waals surface area contributed by atoms with Crippen molar-refractivity contribution in [3.05, 3.63) is 71.8 Å². The molecule has 0 saturated heterocycles. The Morgan fingerprint density at radius 3 is 1.95 bits per heavy atom. The number of amides is 1. The van der Waals surface area contributed by atoms with Crippen LogP contribution in [0.15, 0.2) is 65.7 Å². The first kappa shape index (κ1) is 15.8. The molecule has 1 unspecified atom stereocenters. The first-order chi connectivity index (χ1) is 10.6. The van der Waals surface area contributed by atoms with Gasteiger partial charge < -0.3 is 5.11 Å². The summed E-state index contributed by atoms with van der Waals surface area (Å²) in [7, 11) is 0. The Kier molecular flexibility index (Phi) is 5.33. The van der Waals surface area contributed by atoms with Crippen LogP contribution in [0, 0.1) is 0 Å². The molecule has 0 aliphatic rings. The van der Waals surface area contributed by atoms with E-state index in [1.807, 2.05) is 18.2 Å². The van der Waals surface area contributed by atoms with Gasteiger partial charge in [-0.2, -0.15) is 0 Å². The number of carbonyl (C=O) groups excluding carboxylic acids is 2. The van der Waals surface area contributed by atoms with Gasteiger partial charge in [0.1, 0.15) is 6.10 Å². The van der Waals surface area contributed by atoms with Crippen LogP contribution in [0.4, 0.5) is 0 Å². The zero-order valence-electron chi connectivity index (χ0n) is 12.3. The van der Waals surface area contributed by atoms with E-state index in [1.165, 1.54) is 6.92 Å². The summed E-state index contributed by atoms with van der Waals surface area (Å²) in [6.45, 7) is 1.34. The fourth-order valence-electron chi connectivity index (χ4n) is 2.12. The maximum atomic E-state index is 12.2. The smallest absolute Gasteiger partial charge is 0.242 e. The lowest BCUT2D eigenvalue weighted by Crippen LogP contribution is -2.24. The topological polar surface area (TPSA) is 66.7 Å². The molecule has 0 radical (unpaired) electrons. The minimum Gasteiger partial charge on any atom is -0.385 e. The summed E-state index contributed by atoms with van der Waals surface area (Å²) in [6.07, 6.45) is -1.24. The molecule has 0 heterocycles. The van der Waals surface area contributed by atoms with Crippen LogP contribution in [-0.2, 0) is 4.79 Å². The number of Topliss-reactive ketones (excluding diaryl/α,β-unsaturated/α-hetero) is 1. The fourth-order valence-corrected chi connectivity index (χ4v) is 2.12. The van der Waals surface area contributed by atoms with Crippen LogP contribution in [0.2, 0.25) is 0 Å².